The first-order valence-corrected chi connectivity index (χ1v) is 9.42. The Morgan fingerprint density at radius 1 is 1.08 bits per heavy atom. The molecule has 1 aromatic carbocycles. The van der Waals surface area contributed by atoms with Gasteiger partial charge in [0.25, 0.3) is 5.91 Å². The van der Waals surface area contributed by atoms with Crippen LogP contribution in [0.25, 0.3) is 0 Å². The molecule has 0 bridgehead atoms. The third-order valence-electron chi connectivity index (χ3n) is 5.48. The standard InChI is InChI=1S/C20H28N2O3/c23-18(15-20(25)11-5-2-6-12-20)22-13-9-17(10-14-22)21-19(24)16-7-3-1-4-8-16/h1,3-4,7-8,17,25H,2,5-6,9-15H2,(H,21,24). The molecular formula is C20H28N2O3. The zero-order chi connectivity index (χ0) is 17.7. The molecule has 5 heteroatoms. The van der Waals surface area contributed by atoms with Crippen LogP contribution in [0, 0.1) is 0 Å². The number of aliphatic hydroxyl groups is 1. The summed E-state index contributed by atoms with van der Waals surface area (Å²) in [7, 11) is 0. The van der Waals surface area contributed by atoms with E-state index < -0.39 is 5.60 Å². The molecule has 1 saturated heterocycles. The molecule has 1 heterocycles. The van der Waals surface area contributed by atoms with Crippen molar-refractivity contribution in [3.8, 4) is 0 Å². The van der Waals surface area contributed by atoms with Crippen LogP contribution in [-0.4, -0.2) is 46.6 Å². The Bertz CT molecular complexity index is 588. The van der Waals surface area contributed by atoms with Gasteiger partial charge < -0.3 is 15.3 Å². The maximum absolute atomic E-state index is 12.5. The highest BCUT2D eigenvalue weighted by Crippen LogP contribution is 2.31. The van der Waals surface area contributed by atoms with E-state index in [0.717, 1.165) is 44.9 Å². The molecule has 1 aliphatic carbocycles. The van der Waals surface area contributed by atoms with Crippen molar-refractivity contribution in [2.45, 2.75) is 63.0 Å². The minimum Gasteiger partial charge on any atom is -0.389 e. The molecule has 0 radical (unpaired) electrons. The Labute approximate surface area is 149 Å². The lowest BCUT2D eigenvalue weighted by Crippen LogP contribution is -2.48. The van der Waals surface area contributed by atoms with Crippen LogP contribution in [0.3, 0.4) is 0 Å². The van der Waals surface area contributed by atoms with Crippen LogP contribution in [0.1, 0.15) is 61.7 Å². The van der Waals surface area contributed by atoms with Crippen LogP contribution >= 0.6 is 0 Å². The first-order chi connectivity index (χ1) is 12.1. The molecule has 2 aliphatic rings. The van der Waals surface area contributed by atoms with Crippen molar-refractivity contribution < 1.29 is 14.7 Å². The fourth-order valence-corrected chi connectivity index (χ4v) is 3.91. The number of benzene rings is 1. The lowest BCUT2D eigenvalue weighted by molar-refractivity contribution is -0.138. The van der Waals surface area contributed by atoms with Gasteiger partial charge in [-0.05, 0) is 37.8 Å². The molecule has 136 valence electrons. The van der Waals surface area contributed by atoms with Crippen LogP contribution in [0.4, 0.5) is 0 Å². The van der Waals surface area contributed by atoms with Gasteiger partial charge >= 0.3 is 0 Å². The Morgan fingerprint density at radius 2 is 1.72 bits per heavy atom. The molecule has 0 spiro atoms. The number of rotatable bonds is 4. The summed E-state index contributed by atoms with van der Waals surface area (Å²) in [5.74, 6) is -0.000806. The van der Waals surface area contributed by atoms with Crippen molar-refractivity contribution in [2.24, 2.45) is 0 Å². The molecule has 3 rings (SSSR count). The topological polar surface area (TPSA) is 69.6 Å². The molecule has 1 saturated carbocycles. The van der Waals surface area contributed by atoms with Gasteiger partial charge in [-0.1, -0.05) is 37.5 Å². The molecule has 2 amide bonds. The van der Waals surface area contributed by atoms with E-state index in [2.05, 4.69) is 5.32 Å². The van der Waals surface area contributed by atoms with E-state index >= 15 is 0 Å². The molecular weight excluding hydrogens is 316 g/mol. The fraction of sp³-hybridized carbons (Fsp3) is 0.600. The molecule has 2 N–H and O–H groups in total. The second-order valence-corrected chi connectivity index (χ2v) is 7.46. The molecule has 1 aromatic rings. The quantitative estimate of drug-likeness (QED) is 0.882. The Kier molecular flexibility index (Phi) is 5.74. The molecule has 5 nitrogen and oxygen atoms in total. The number of hydrogen-bond donors (Lipinski definition) is 2. The normalized spacial score (nSPS) is 20.9. The third-order valence-corrected chi connectivity index (χ3v) is 5.48. The van der Waals surface area contributed by atoms with E-state index in [0.29, 0.717) is 18.7 Å². The monoisotopic (exact) mass is 344 g/mol. The largest absolute Gasteiger partial charge is 0.389 e. The van der Waals surface area contributed by atoms with E-state index in [1.54, 1.807) is 12.1 Å². The average Bonchev–Trinajstić information content (AvgIpc) is 2.63. The van der Waals surface area contributed by atoms with Crippen molar-refractivity contribution in [2.75, 3.05) is 13.1 Å². The van der Waals surface area contributed by atoms with Crippen LogP contribution in [0.5, 0.6) is 0 Å². The third kappa shape index (κ3) is 4.82. The van der Waals surface area contributed by atoms with Crippen LogP contribution in [-0.2, 0) is 4.79 Å². The van der Waals surface area contributed by atoms with Gasteiger partial charge in [0.1, 0.15) is 0 Å². The summed E-state index contributed by atoms with van der Waals surface area (Å²) in [5.41, 5.74) is -0.131. The van der Waals surface area contributed by atoms with Gasteiger partial charge in [-0.2, -0.15) is 0 Å². The van der Waals surface area contributed by atoms with Gasteiger partial charge in [0.2, 0.25) is 5.91 Å². The first kappa shape index (κ1) is 17.9. The molecule has 1 aliphatic heterocycles. The first-order valence-electron chi connectivity index (χ1n) is 9.42. The van der Waals surface area contributed by atoms with Gasteiger partial charge in [0.05, 0.1) is 12.0 Å². The average molecular weight is 344 g/mol. The second kappa shape index (κ2) is 8.00. The van der Waals surface area contributed by atoms with E-state index in [4.69, 9.17) is 0 Å². The van der Waals surface area contributed by atoms with Crippen LogP contribution in [0.15, 0.2) is 30.3 Å². The number of hydrogen-bond acceptors (Lipinski definition) is 3. The number of amides is 2. The van der Waals surface area contributed by atoms with Gasteiger partial charge in [0, 0.05) is 24.7 Å². The Balaban J connectivity index is 1.45. The SMILES string of the molecule is O=C(NC1CCN(C(=O)CC2(O)CCCCC2)CC1)c1ccccc1. The van der Waals surface area contributed by atoms with Gasteiger partial charge in [0.15, 0.2) is 0 Å². The molecule has 25 heavy (non-hydrogen) atoms. The number of nitrogens with zero attached hydrogens (tertiary/aromatic N) is 1. The summed E-state index contributed by atoms with van der Waals surface area (Å²) >= 11 is 0. The minimum atomic E-state index is -0.798. The van der Waals surface area contributed by atoms with Crippen molar-refractivity contribution in [3.63, 3.8) is 0 Å². The van der Waals surface area contributed by atoms with E-state index in [1.165, 1.54) is 0 Å². The highest BCUT2D eigenvalue weighted by molar-refractivity contribution is 5.94. The summed E-state index contributed by atoms with van der Waals surface area (Å²) < 4.78 is 0. The summed E-state index contributed by atoms with van der Waals surface area (Å²) in [5, 5.41) is 13.6. The van der Waals surface area contributed by atoms with E-state index in [9.17, 15) is 14.7 Å². The number of piperidine rings is 1. The maximum atomic E-state index is 12.5. The summed E-state index contributed by atoms with van der Waals surface area (Å²) in [6, 6.07) is 9.31. The molecule has 0 aromatic heterocycles. The van der Waals surface area contributed by atoms with Crippen molar-refractivity contribution in [3.05, 3.63) is 35.9 Å². The number of nitrogens with one attached hydrogen (secondary N) is 1. The zero-order valence-electron chi connectivity index (χ0n) is 14.7. The van der Waals surface area contributed by atoms with E-state index in [-0.39, 0.29) is 24.3 Å². The number of carbonyl (C=O) groups excluding carboxylic acids is 2. The highest BCUT2D eigenvalue weighted by atomic mass is 16.3. The van der Waals surface area contributed by atoms with Crippen LogP contribution < -0.4 is 5.32 Å². The Morgan fingerprint density at radius 3 is 2.36 bits per heavy atom. The van der Waals surface area contributed by atoms with Crippen molar-refractivity contribution in [1.29, 1.82) is 0 Å². The van der Waals surface area contributed by atoms with Crippen molar-refractivity contribution in [1.82, 2.24) is 10.2 Å². The molecule has 0 atom stereocenters. The van der Waals surface area contributed by atoms with Gasteiger partial charge in [-0.15, -0.1) is 0 Å². The number of likely N-dealkylation sites (tertiary alicyclic amines) is 1. The van der Waals surface area contributed by atoms with Gasteiger partial charge in [-0.25, -0.2) is 0 Å². The number of carbonyl (C=O) groups is 2. The minimum absolute atomic E-state index is 0.0530. The lowest BCUT2D eigenvalue weighted by Gasteiger charge is -2.36. The van der Waals surface area contributed by atoms with E-state index in [1.807, 2.05) is 23.1 Å². The zero-order valence-corrected chi connectivity index (χ0v) is 14.7. The molecule has 0 unspecified atom stereocenters. The highest BCUT2D eigenvalue weighted by Gasteiger charge is 2.34. The Hall–Kier alpha value is -1.88. The maximum Gasteiger partial charge on any atom is 0.251 e. The smallest absolute Gasteiger partial charge is 0.251 e. The van der Waals surface area contributed by atoms with Gasteiger partial charge in [-0.3, -0.25) is 9.59 Å². The fourth-order valence-electron chi connectivity index (χ4n) is 3.91. The molecule has 2 fully saturated rings. The second-order valence-electron chi connectivity index (χ2n) is 7.46. The van der Waals surface area contributed by atoms with Crippen molar-refractivity contribution >= 4 is 11.8 Å². The predicted molar refractivity (Wildman–Crippen MR) is 96.2 cm³/mol. The summed E-state index contributed by atoms with van der Waals surface area (Å²) in [6.07, 6.45) is 6.43. The predicted octanol–water partition coefficient (Wildman–Crippen LogP) is 2.49. The lowest BCUT2D eigenvalue weighted by atomic mass is 9.82. The summed E-state index contributed by atoms with van der Waals surface area (Å²) in [4.78, 5) is 26.6. The summed E-state index contributed by atoms with van der Waals surface area (Å²) in [6.45, 7) is 1.29. The van der Waals surface area contributed by atoms with Crippen LogP contribution in [0.2, 0.25) is 0 Å².